The number of benzene rings is 7. The summed E-state index contributed by atoms with van der Waals surface area (Å²) in [4.78, 5) is 0. The van der Waals surface area contributed by atoms with E-state index >= 15 is 8.78 Å². The van der Waals surface area contributed by atoms with Crippen molar-refractivity contribution in [2.75, 3.05) is 0 Å². The highest BCUT2D eigenvalue weighted by molar-refractivity contribution is 7.88. The summed E-state index contributed by atoms with van der Waals surface area (Å²) in [6.45, 7) is 0. The summed E-state index contributed by atoms with van der Waals surface area (Å²) < 4.78 is 163. The van der Waals surface area contributed by atoms with Gasteiger partial charge in [0.1, 0.15) is 0 Å². The van der Waals surface area contributed by atoms with E-state index in [4.69, 9.17) is 4.18 Å². The van der Waals surface area contributed by atoms with E-state index in [1.54, 1.807) is 102 Å². The molecule has 1 aromatic heterocycles. The van der Waals surface area contributed by atoms with Crippen LogP contribution in [0.5, 0.6) is 5.75 Å². The maximum Gasteiger partial charge on any atom is 0.460 e. The number of hydrogen-bond donors (Lipinski definition) is 0. The van der Waals surface area contributed by atoms with Gasteiger partial charge in [0.25, 0.3) is 0 Å². The first-order valence-corrected chi connectivity index (χ1v) is 20.0. The summed E-state index contributed by atoms with van der Waals surface area (Å²) in [6.07, 6.45) is -7.27. The molecular weight excluding hydrogens is 830 g/mol. The molecule has 0 bridgehead atoms. The minimum Gasteiger partial charge on any atom is -0.377 e. The molecule has 8 aromatic rings. The van der Waals surface area contributed by atoms with Crippen molar-refractivity contribution in [2.24, 2.45) is 0 Å². The third-order valence-corrected chi connectivity index (χ3v) is 12.5. The van der Waals surface area contributed by atoms with Crippen LogP contribution in [-0.2, 0) is 15.5 Å². The Morgan fingerprint density at radius 2 is 1.03 bits per heavy atom. The molecule has 0 unspecified atom stereocenters. The SMILES string of the molecule is O=S(=O)(Oc1cc2c(c3c1c1ccccc1n3-c1ccc(-c3ccccc3)cc1)-c1ccccc1C2(c1ccccc1)c1ccccc1)C(F)(F)C(F)(F)C(F)(F)C(F)(F)F. The maximum absolute atomic E-state index is 15.6. The Hall–Kier alpha value is -6.54. The quantitative estimate of drug-likeness (QED) is 0.107. The average Bonchev–Trinajstić information content (AvgIpc) is 3.75. The Balaban J connectivity index is 1.42. The molecule has 0 saturated heterocycles. The molecule has 7 aromatic carbocycles. The molecule has 0 amide bonds. The highest BCUT2D eigenvalue weighted by atomic mass is 32.2. The molecule has 61 heavy (non-hydrogen) atoms. The lowest BCUT2D eigenvalue weighted by molar-refractivity contribution is -0.382. The molecule has 0 saturated carbocycles. The van der Waals surface area contributed by atoms with Crippen molar-refractivity contribution < 1.29 is 52.1 Å². The van der Waals surface area contributed by atoms with Crippen molar-refractivity contribution in [3.8, 4) is 33.7 Å². The van der Waals surface area contributed by atoms with Crippen molar-refractivity contribution in [1.82, 2.24) is 4.57 Å². The standard InChI is InChI=1S/C47H28F9NO3S/c48-44(49,46(52,53)54)45(50,51)47(55,56)61(58,59)60-39-28-37-40(34-20-10-12-22-36(34)43(37,31-16-6-2-7-17-31)32-18-8-3-9-19-32)42-41(39)35-21-11-13-23-38(35)57(42)33-26-24-30(25-27-33)29-14-4-1-5-15-29/h1-28H. The summed E-state index contributed by atoms with van der Waals surface area (Å²) in [7, 11) is -7.39. The maximum atomic E-state index is 15.6. The number of aromatic nitrogens is 1. The topological polar surface area (TPSA) is 48.3 Å². The van der Waals surface area contributed by atoms with Gasteiger partial charge in [-0.25, -0.2) is 0 Å². The van der Waals surface area contributed by atoms with Crippen LogP contribution in [0, 0.1) is 0 Å². The fourth-order valence-electron chi connectivity index (χ4n) is 8.49. The summed E-state index contributed by atoms with van der Waals surface area (Å²) in [5, 5.41) is -7.18. The zero-order chi connectivity index (χ0) is 43.2. The van der Waals surface area contributed by atoms with Crippen LogP contribution in [0.4, 0.5) is 39.5 Å². The number of nitrogens with zero attached hydrogens (tertiary/aromatic N) is 1. The molecule has 4 nitrogen and oxygen atoms in total. The van der Waals surface area contributed by atoms with E-state index in [1.807, 2.05) is 54.6 Å². The van der Waals surface area contributed by atoms with E-state index in [-0.39, 0.29) is 21.9 Å². The van der Waals surface area contributed by atoms with E-state index in [2.05, 4.69) is 0 Å². The molecule has 0 spiro atoms. The Kier molecular flexibility index (Phi) is 8.99. The van der Waals surface area contributed by atoms with Gasteiger partial charge in [0, 0.05) is 16.6 Å². The Bertz CT molecular complexity index is 3040. The first-order chi connectivity index (χ1) is 28.9. The summed E-state index contributed by atoms with van der Waals surface area (Å²) >= 11 is 0. The van der Waals surface area contributed by atoms with E-state index in [0.29, 0.717) is 39.0 Å². The van der Waals surface area contributed by atoms with Crippen molar-refractivity contribution in [2.45, 2.75) is 28.7 Å². The van der Waals surface area contributed by atoms with Crippen LogP contribution >= 0.6 is 0 Å². The third kappa shape index (κ3) is 5.64. The highest BCUT2D eigenvalue weighted by Crippen LogP contribution is 2.61. The number of alkyl halides is 9. The second-order valence-electron chi connectivity index (χ2n) is 14.5. The second-order valence-corrected chi connectivity index (χ2v) is 16.1. The summed E-state index contributed by atoms with van der Waals surface area (Å²) in [5.74, 6) is -16.0. The van der Waals surface area contributed by atoms with Crippen molar-refractivity contribution >= 4 is 31.9 Å². The molecule has 308 valence electrons. The average molecular weight is 858 g/mol. The predicted molar refractivity (Wildman–Crippen MR) is 214 cm³/mol. The second kappa shape index (κ2) is 13.7. The first-order valence-electron chi connectivity index (χ1n) is 18.6. The zero-order valence-electron chi connectivity index (χ0n) is 31.1. The third-order valence-electron chi connectivity index (χ3n) is 11.2. The lowest BCUT2D eigenvalue weighted by Crippen LogP contribution is -2.63. The fraction of sp³-hybridized carbons (Fsp3) is 0.106. The number of rotatable bonds is 9. The van der Waals surface area contributed by atoms with Gasteiger partial charge in [0.05, 0.1) is 21.8 Å². The molecule has 0 radical (unpaired) electrons. The van der Waals surface area contributed by atoms with Gasteiger partial charge in [-0.15, -0.1) is 0 Å². The molecule has 1 aliphatic carbocycles. The molecule has 9 rings (SSSR count). The molecule has 1 aliphatic rings. The first kappa shape index (κ1) is 39.9. The molecule has 0 fully saturated rings. The summed E-state index contributed by atoms with van der Waals surface area (Å²) in [5.41, 5.74) is 4.38. The molecule has 14 heteroatoms. The van der Waals surface area contributed by atoms with Gasteiger partial charge in [-0.3, -0.25) is 0 Å². The van der Waals surface area contributed by atoms with Gasteiger partial charge in [0.2, 0.25) is 0 Å². The van der Waals surface area contributed by atoms with Crippen molar-refractivity contribution in [3.63, 3.8) is 0 Å². The van der Waals surface area contributed by atoms with Gasteiger partial charge in [-0.05, 0) is 63.2 Å². The molecule has 1 heterocycles. The fourth-order valence-corrected chi connectivity index (χ4v) is 9.41. The number of hydrogen-bond acceptors (Lipinski definition) is 3. The van der Waals surface area contributed by atoms with Crippen LogP contribution in [-0.4, -0.2) is 36.3 Å². The molecule has 0 N–H and O–H groups in total. The minimum atomic E-state index is -7.52. The molecule has 0 atom stereocenters. The number of fused-ring (bicyclic) bond motifs is 7. The van der Waals surface area contributed by atoms with E-state index in [9.17, 15) is 39.2 Å². The molecule has 0 aliphatic heterocycles. The predicted octanol–water partition coefficient (Wildman–Crippen LogP) is 12.9. The van der Waals surface area contributed by atoms with Gasteiger partial charge >= 0.3 is 33.4 Å². The Morgan fingerprint density at radius 3 is 1.62 bits per heavy atom. The zero-order valence-corrected chi connectivity index (χ0v) is 32.0. The van der Waals surface area contributed by atoms with Crippen LogP contribution in [0.15, 0.2) is 170 Å². The lowest BCUT2D eigenvalue weighted by atomic mass is 9.67. The summed E-state index contributed by atoms with van der Waals surface area (Å²) in [6, 6.07) is 48.8. The van der Waals surface area contributed by atoms with Gasteiger partial charge in [-0.1, -0.05) is 146 Å². The highest BCUT2D eigenvalue weighted by Gasteiger charge is 2.86. The minimum absolute atomic E-state index is 0.147. The van der Waals surface area contributed by atoms with Gasteiger partial charge in [-0.2, -0.15) is 47.9 Å². The van der Waals surface area contributed by atoms with Crippen LogP contribution < -0.4 is 4.18 Å². The Labute approximate surface area is 342 Å². The van der Waals surface area contributed by atoms with Gasteiger partial charge in [0.15, 0.2) is 5.75 Å². The van der Waals surface area contributed by atoms with E-state index < -0.39 is 44.6 Å². The van der Waals surface area contributed by atoms with E-state index in [1.165, 1.54) is 12.1 Å². The van der Waals surface area contributed by atoms with E-state index in [0.717, 1.165) is 17.2 Å². The Morgan fingerprint density at radius 1 is 0.525 bits per heavy atom. The number of para-hydroxylation sites is 1. The number of halogens is 9. The van der Waals surface area contributed by atoms with Crippen LogP contribution in [0.2, 0.25) is 0 Å². The van der Waals surface area contributed by atoms with Gasteiger partial charge < -0.3 is 8.75 Å². The van der Waals surface area contributed by atoms with Crippen molar-refractivity contribution in [3.05, 3.63) is 192 Å². The largest absolute Gasteiger partial charge is 0.460 e. The van der Waals surface area contributed by atoms with Crippen molar-refractivity contribution in [1.29, 1.82) is 0 Å². The normalized spacial score (nSPS) is 14.2. The smallest absolute Gasteiger partial charge is 0.377 e. The van der Waals surface area contributed by atoms with Crippen LogP contribution in [0.3, 0.4) is 0 Å². The molecular formula is C47H28F9NO3S. The van der Waals surface area contributed by atoms with Crippen LogP contribution in [0.1, 0.15) is 22.3 Å². The van der Waals surface area contributed by atoms with Crippen LogP contribution in [0.25, 0.3) is 49.7 Å². The lowest BCUT2D eigenvalue weighted by Gasteiger charge is -2.34. The monoisotopic (exact) mass is 857 g/mol.